The summed E-state index contributed by atoms with van der Waals surface area (Å²) in [7, 11) is 1.90. The van der Waals surface area contributed by atoms with Gasteiger partial charge < -0.3 is 10.6 Å². The maximum Gasteiger partial charge on any atom is 0.196 e. The minimum absolute atomic E-state index is 0.169. The van der Waals surface area contributed by atoms with Gasteiger partial charge in [0.1, 0.15) is 0 Å². The smallest absolute Gasteiger partial charge is 0.196 e. The Bertz CT molecular complexity index is 1070. The lowest BCUT2D eigenvalue weighted by Gasteiger charge is -2.28. The van der Waals surface area contributed by atoms with Gasteiger partial charge in [0.2, 0.25) is 0 Å². The molecule has 0 bridgehead atoms. The molecular formula is C22H18N2O2. The van der Waals surface area contributed by atoms with Crippen LogP contribution >= 0.6 is 0 Å². The first-order valence-corrected chi connectivity index (χ1v) is 8.41. The molecule has 0 saturated carbocycles. The van der Waals surface area contributed by atoms with E-state index in [-0.39, 0.29) is 11.6 Å². The van der Waals surface area contributed by atoms with E-state index in [1.807, 2.05) is 43.1 Å². The quantitative estimate of drug-likeness (QED) is 0.557. The van der Waals surface area contributed by atoms with Gasteiger partial charge in [0.25, 0.3) is 0 Å². The maximum atomic E-state index is 13.2. The summed E-state index contributed by atoms with van der Waals surface area (Å²) in [4.78, 5) is 28.2. The Morgan fingerprint density at radius 3 is 1.96 bits per heavy atom. The van der Waals surface area contributed by atoms with Crippen molar-refractivity contribution in [1.29, 1.82) is 0 Å². The van der Waals surface area contributed by atoms with Gasteiger partial charge in [-0.15, -0.1) is 0 Å². The van der Waals surface area contributed by atoms with Crippen LogP contribution in [0, 0.1) is 6.92 Å². The second-order valence-electron chi connectivity index (χ2n) is 6.47. The molecule has 0 unspecified atom stereocenters. The fraction of sp³-hybridized carbons (Fsp3) is 0.0909. The summed E-state index contributed by atoms with van der Waals surface area (Å²) in [5.41, 5.74) is 10.7. The molecule has 4 rings (SSSR count). The van der Waals surface area contributed by atoms with Crippen molar-refractivity contribution >= 4 is 28.6 Å². The minimum Gasteiger partial charge on any atom is -0.398 e. The highest BCUT2D eigenvalue weighted by Crippen LogP contribution is 2.39. The molecule has 0 radical (unpaired) electrons. The van der Waals surface area contributed by atoms with Gasteiger partial charge in [0.05, 0.1) is 16.8 Å². The van der Waals surface area contributed by atoms with Gasteiger partial charge in [-0.3, -0.25) is 9.59 Å². The summed E-state index contributed by atoms with van der Waals surface area (Å²) < 4.78 is 0. The first kappa shape index (κ1) is 16.1. The molecule has 1 aliphatic carbocycles. The van der Waals surface area contributed by atoms with Crippen molar-refractivity contribution in [2.45, 2.75) is 6.92 Å². The Labute approximate surface area is 151 Å². The van der Waals surface area contributed by atoms with Crippen molar-refractivity contribution < 1.29 is 9.59 Å². The van der Waals surface area contributed by atoms with E-state index in [9.17, 15) is 9.59 Å². The third kappa shape index (κ3) is 2.23. The summed E-state index contributed by atoms with van der Waals surface area (Å²) in [6.45, 7) is 2.01. The summed E-state index contributed by atoms with van der Waals surface area (Å²) >= 11 is 0. The molecule has 0 spiro atoms. The van der Waals surface area contributed by atoms with Crippen molar-refractivity contribution in [3.8, 4) is 0 Å². The van der Waals surface area contributed by atoms with Crippen molar-refractivity contribution in [2.75, 3.05) is 17.7 Å². The molecular weight excluding hydrogens is 324 g/mol. The number of ketones is 2. The SMILES string of the molecule is Cc1ccccc1N(C)c1ccc(N)c2c1C(=O)c1ccccc1C2=O. The van der Waals surface area contributed by atoms with E-state index in [0.717, 1.165) is 11.3 Å². The lowest BCUT2D eigenvalue weighted by atomic mass is 9.82. The molecule has 0 saturated heterocycles. The molecule has 0 heterocycles. The molecule has 0 amide bonds. The average Bonchev–Trinajstić information content (AvgIpc) is 2.66. The molecule has 2 N–H and O–H groups in total. The number of carbonyl (C=O) groups is 2. The highest BCUT2D eigenvalue weighted by Gasteiger charge is 2.34. The Morgan fingerprint density at radius 2 is 1.31 bits per heavy atom. The second kappa shape index (κ2) is 5.85. The van der Waals surface area contributed by atoms with Crippen molar-refractivity contribution in [2.24, 2.45) is 0 Å². The van der Waals surface area contributed by atoms with Gasteiger partial charge in [0.15, 0.2) is 11.6 Å². The number of nitrogens with zero attached hydrogens (tertiary/aromatic N) is 1. The molecule has 3 aromatic rings. The van der Waals surface area contributed by atoms with Gasteiger partial charge in [-0.1, -0.05) is 42.5 Å². The third-order valence-corrected chi connectivity index (χ3v) is 4.92. The Kier molecular flexibility index (Phi) is 3.62. The number of nitrogens with two attached hydrogens (primary N) is 1. The van der Waals surface area contributed by atoms with Crippen LogP contribution in [0.2, 0.25) is 0 Å². The standard InChI is InChI=1S/C22H18N2O2/c1-13-7-3-6-10-17(13)24(2)18-12-11-16(23)19-20(18)22(26)15-9-5-4-8-14(15)21(19)25/h3-12H,23H2,1-2H3. The number of hydrogen-bond donors (Lipinski definition) is 1. The van der Waals surface area contributed by atoms with E-state index in [2.05, 4.69) is 0 Å². The fourth-order valence-corrected chi connectivity index (χ4v) is 3.58. The first-order chi connectivity index (χ1) is 12.5. The second-order valence-corrected chi connectivity index (χ2v) is 6.47. The van der Waals surface area contributed by atoms with Crippen LogP contribution in [-0.2, 0) is 0 Å². The van der Waals surface area contributed by atoms with Crippen molar-refractivity contribution in [3.63, 3.8) is 0 Å². The van der Waals surface area contributed by atoms with Crippen LogP contribution in [0.4, 0.5) is 17.1 Å². The van der Waals surface area contributed by atoms with Crippen LogP contribution < -0.4 is 10.6 Å². The molecule has 26 heavy (non-hydrogen) atoms. The molecule has 0 aliphatic heterocycles. The number of anilines is 3. The van der Waals surface area contributed by atoms with E-state index in [0.29, 0.717) is 33.6 Å². The van der Waals surface area contributed by atoms with E-state index in [1.165, 1.54) is 0 Å². The van der Waals surface area contributed by atoms with Crippen molar-refractivity contribution in [3.05, 3.63) is 88.5 Å². The Hall–Kier alpha value is -3.40. The van der Waals surface area contributed by atoms with E-state index in [1.54, 1.807) is 36.4 Å². The van der Waals surface area contributed by atoms with Gasteiger partial charge in [-0.25, -0.2) is 0 Å². The number of hydrogen-bond acceptors (Lipinski definition) is 4. The van der Waals surface area contributed by atoms with Crippen LogP contribution in [0.3, 0.4) is 0 Å². The number of aryl methyl sites for hydroxylation is 1. The summed E-state index contributed by atoms with van der Waals surface area (Å²) in [6, 6.07) is 18.3. The van der Waals surface area contributed by atoms with Crippen molar-refractivity contribution in [1.82, 2.24) is 0 Å². The fourth-order valence-electron chi connectivity index (χ4n) is 3.58. The zero-order chi connectivity index (χ0) is 18.4. The summed E-state index contributed by atoms with van der Waals surface area (Å²) in [5.74, 6) is -0.370. The molecule has 4 nitrogen and oxygen atoms in total. The van der Waals surface area contributed by atoms with E-state index < -0.39 is 0 Å². The number of para-hydroxylation sites is 1. The zero-order valence-corrected chi connectivity index (χ0v) is 14.6. The van der Waals surface area contributed by atoms with Gasteiger partial charge in [-0.2, -0.15) is 0 Å². The molecule has 4 heteroatoms. The van der Waals surface area contributed by atoms with Crippen LogP contribution in [0.15, 0.2) is 60.7 Å². The number of carbonyl (C=O) groups excluding carboxylic acids is 2. The average molecular weight is 342 g/mol. The molecule has 0 atom stereocenters. The predicted molar refractivity (Wildman–Crippen MR) is 103 cm³/mol. The lowest BCUT2D eigenvalue weighted by Crippen LogP contribution is -2.25. The number of nitrogen functional groups attached to an aromatic ring is 1. The van der Waals surface area contributed by atoms with Gasteiger partial charge in [0, 0.05) is 29.5 Å². The Morgan fingerprint density at radius 1 is 0.731 bits per heavy atom. The number of rotatable bonds is 2. The predicted octanol–water partition coefficient (Wildman–Crippen LogP) is 4.12. The highest BCUT2D eigenvalue weighted by molar-refractivity contribution is 6.31. The van der Waals surface area contributed by atoms with Crippen LogP contribution in [-0.4, -0.2) is 18.6 Å². The summed E-state index contributed by atoms with van der Waals surface area (Å²) in [5, 5.41) is 0. The van der Waals surface area contributed by atoms with Crippen LogP contribution in [0.1, 0.15) is 37.4 Å². The number of benzene rings is 3. The normalized spacial score (nSPS) is 12.5. The van der Waals surface area contributed by atoms with E-state index >= 15 is 0 Å². The lowest BCUT2D eigenvalue weighted by molar-refractivity contribution is 0.0980. The highest BCUT2D eigenvalue weighted by atomic mass is 16.1. The monoisotopic (exact) mass is 342 g/mol. The zero-order valence-electron chi connectivity index (χ0n) is 14.6. The van der Waals surface area contributed by atoms with Gasteiger partial charge >= 0.3 is 0 Å². The van der Waals surface area contributed by atoms with Crippen LogP contribution in [0.5, 0.6) is 0 Å². The summed E-state index contributed by atoms with van der Waals surface area (Å²) in [6.07, 6.45) is 0. The molecule has 128 valence electrons. The molecule has 0 fully saturated rings. The first-order valence-electron chi connectivity index (χ1n) is 8.41. The largest absolute Gasteiger partial charge is 0.398 e. The third-order valence-electron chi connectivity index (χ3n) is 4.92. The molecule has 3 aromatic carbocycles. The molecule has 1 aliphatic rings. The Balaban J connectivity index is 1.97. The maximum absolute atomic E-state index is 13.2. The minimum atomic E-state index is -0.201. The molecule has 0 aromatic heterocycles. The number of fused-ring (bicyclic) bond motifs is 2. The topological polar surface area (TPSA) is 63.4 Å². The van der Waals surface area contributed by atoms with Gasteiger partial charge in [-0.05, 0) is 30.7 Å². The van der Waals surface area contributed by atoms with E-state index in [4.69, 9.17) is 5.73 Å². The van der Waals surface area contributed by atoms with Crippen LogP contribution in [0.25, 0.3) is 0 Å².